The van der Waals surface area contributed by atoms with E-state index in [-0.39, 0.29) is 25.7 Å². The number of hydrogen-bond donors (Lipinski definition) is 3. The minimum absolute atomic E-state index is 0.107. The molecule has 0 amide bonds. The third-order valence-corrected chi connectivity index (χ3v) is 19.8. The minimum atomic E-state index is -4.96. The second-order valence-corrected chi connectivity index (χ2v) is 30.1. The first kappa shape index (κ1) is 91.1. The van der Waals surface area contributed by atoms with Crippen molar-refractivity contribution in [3.8, 4) is 0 Å². The second kappa shape index (κ2) is 66.0. The lowest BCUT2D eigenvalue weighted by atomic mass is 9.99. The van der Waals surface area contributed by atoms with Gasteiger partial charge in [0.05, 0.1) is 26.4 Å². The highest BCUT2D eigenvalue weighted by Gasteiger charge is 2.30. The first-order valence-corrected chi connectivity index (χ1v) is 41.6. The highest BCUT2D eigenvalue weighted by molar-refractivity contribution is 7.47. The highest BCUT2D eigenvalue weighted by Crippen LogP contribution is 2.45. The van der Waals surface area contributed by atoms with Crippen molar-refractivity contribution in [2.45, 2.75) is 400 Å². The summed E-state index contributed by atoms with van der Waals surface area (Å²) in [5.74, 6) is -0.464. The average Bonchev–Trinajstić information content (AvgIpc) is 3.16. The molecule has 0 saturated carbocycles. The third-order valence-electron chi connectivity index (χ3n) is 17.9. The smallest absolute Gasteiger partial charge is 0.462 e. The van der Waals surface area contributed by atoms with Crippen LogP contribution >= 0.6 is 15.6 Å². The normalized spacial score (nSPS) is 14.6. The van der Waals surface area contributed by atoms with Gasteiger partial charge in [0.2, 0.25) is 0 Å². The molecule has 0 spiro atoms. The summed E-state index contributed by atoms with van der Waals surface area (Å²) >= 11 is 0. The van der Waals surface area contributed by atoms with Gasteiger partial charge in [0.15, 0.2) is 12.2 Å². The van der Waals surface area contributed by atoms with Crippen LogP contribution in [0.5, 0.6) is 0 Å². The molecule has 19 heteroatoms. The molecule has 0 aromatic rings. The van der Waals surface area contributed by atoms with Crippen molar-refractivity contribution in [2.75, 3.05) is 39.6 Å². The number of phosphoric ester groups is 2. The fraction of sp³-hybridized carbons (Fsp3) is 0.946. The van der Waals surface area contributed by atoms with E-state index < -0.39 is 97.5 Å². The molecule has 93 heavy (non-hydrogen) atoms. The molecule has 0 aliphatic heterocycles. The summed E-state index contributed by atoms with van der Waals surface area (Å²) in [5.41, 5.74) is 0. The number of aliphatic hydroxyl groups is 1. The van der Waals surface area contributed by atoms with Crippen LogP contribution in [0.4, 0.5) is 0 Å². The monoisotopic (exact) mass is 1370 g/mol. The van der Waals surface area contributed by atoms with Crippen LogP contribution in [0.25, 0.3) is 0 Å². The Morgan fingerprint density at radius 1 is 0.301 bits per heavy atom. The van der Waals surface area contributed by atoms with E-state index in [2.05, 4.69) is 41.5 Å². The van der Waals surface area contributed by atoms with Crippen molar-refractivity contribution < 1.29 is 80.2 Å². The molecule has 0 aliphatic carbocycles. The Bertz CT molecular complexity index is 1810. The van der Waals surface area contributed by atoms with Crippen LogP contribution in [0, 0.1) is 11.8 Å². The van der Waals surface area contributed by atoms with E-state index >= 15 is 0 Å². The summed E-state index contributed by atoms with van der Waals surface area (Å²) in [6.07, 6.45) is 52.5. The molecule has 0 aliphatic rings. The summed E-state index contributed by atoms with van der Waals surface area (Å²) in [6.45, 7) is 9.64. The van der Waals surface area contributed by atoms with Crippen molar-refractivity contribution >= 4 is 39.5 Å². The average molecular weight is 1370 g/mol. The molecule has 0 saturated heterocycles. The molecular formula is C74H144O17P2. The molecule has 17 nitrogen and oxygen atoms in total. The summed E-state index contributed by atoms with van der Waals surface area (Å²) < 4.78 is 68.4. The topological polar surface area (TPSA) is 237 Å². The van der Waals surface area contributed by atoms with Gasteiger partial charge in [-0.3, -0.25) is 37.3 Å². The first-order chi connectivity index (χ1) is 44.9. The zero-order valence-corrected chi connectivity index (χ0v) is 62.3. The van der Waals surface area contributed by atoms with Gasteiger partial charge in [-0.1, -0.05) is 330 Å². The van der Waals surface area contributed by atoms with Gasteiger partial charge in [0, 0.05) is 25.7 Å². The molecule has 0 bridgehead atoms. The maximum Gasteiger partial charge on any atom is 0.472 e. The molecule has 0 rings (SSSR count). The van der Waals surface area contributed by atoms with Crippen LogP contribution in [0.3, 0.4) is 0 Å². The van der Waals surface area contributed by atoms with E-state index in [9.17, 15) is 43.2 Å². The molecular weight excluding hydrogens is 1220 g/mol. The molecule has 0 aromatic heterocycles. The van der Waals surface area contributed by atoms with Gasteiger partial charge in [-0.05, 0) is 37.5 Å². The standard InChI is InChI=1S/C74H144O17P2/c1-7-11-13-15-17-19-20-23-27-34-40-46-52-58-73(78)90-69(62-84-71(76)56-50-44-38-18-16-14-12-8-2)64-88-92(80,81)86-60-68(75)61-87-93(82,83)89-65-70(63-85-72(77)57-51-45-39-33-30-29-32-37-43-49-55-67(6)10-4)91-74(79)59-53-47-41-35-28-25-22-21-24-26-31-36-42-48-54-66(5)9-3/h66-70,75H,7-65H2,1-6H3,(H,80,81)(H,82,83)/t66?,67?,68-,69+,70+/m0/s1. The van der Waals surface area contributed by atoms with Crippen molar-refractivity contribution in [3.05, 3.63) is 0 Å². The van der Waals surface area contributed by atoms with Gasteiger partial charge in [-0.2, -0.15) is 0 Å². The zero-order valence-electron chi connectivity index (χ0n) is 60.6. The van der Waals surface area contributed by atoms with Gasteiger partial charge in [0.25, 0.3) is 0 Å². The maximum atomic E-state index is 13.1. The maximum absolute atomic E-state index is 13.1. The van der Waals surface area contributed by atoms with Crippen LogP contribution in [-0.2, 0) is 65.4 Å². The van der Waals surface area contributed by atoms with Gasteiger partial charge in [-0.15, -0.1) is 0 Å². The lowest BCUT2D eigenvalue weighted by Gasteiger charge is -2.21. The Kier molecular flexibility index (Phi) is 64.6. The highest BCUT2D eigenvalue weighted by atomic mass is 31.2. The Balaban J connectivity index is 5.22. The summed E-state index contributed by atoms with van der Waals surface area (Å²) in [7, 11) is -9.90. The Labute approximate surface area is 568 Å². The fourth-order valence-electron chi connectivity index (χ4n) is 11.2. The van der Waals surface area contributed by atoms with E-state index in [0.717, 1.165) is 108 Å². The third kappa shape index (κ3) is 65.8. The zero-order chi connectivity index (χ0) is 68.6. The van der Waals surface area contributed by atoms with E-state index in [1.807, 2.05) is 0 Å². The molecule has 7 atom stereocenters. The molecule has 0 fully saturated rings. The van der Waals surface area contributed by atoms with Crippen LogP contribution in [0.15, 0.2) is 0 Å². The number of rotatable bonds is 73. The fourth-order valence-corrected chi connectivity index (χ4v) is 12.8. The Hall–Kier alpha value is -1.94. The van der Waals surface area contributed by atoms with Crippen molar-refractivity contribution in [2.24, 2.45) is 11.8 Å². The van der Waals surface area contributed by atoms with E-state index in [1.165, 1.54) is 193 Å². The predicted octanol–water partition coefficient (Wildman–Crippen LogP) is 21.6. The molecule has 552 valence electrons. The lowest BCUT2D eigenvalue weighted by Crippen LogP contribution is -2.30. The summed E-state index contributed by atoms with van der Waals surface area (Å²) in [5, 5.41) is 10.6. The number of carbonyl (C=O) groups is 4. The van der Waals surface area contributed by atoms with Crippen LogP contribution < -0.4 is 0 Å². The Morgan fingerprint density at radius 2 is 0.516 bits per heavy atom. The number of hydrogen-bond acceptors (Lipinski definition) is 15. The van der Waals surface area contributed by atoms with Gasteiger partial charge in [0.1, 0.15) is 19.3 Å². The van der Waals surface area contributed by atoms with Crippen molar-refractivity contribution in [1.29, 1.82) is 0 Å². The van der Waals surface area contributed by atoms with Crippen molar-refractivity contribution in [1.82, 2.24) is 0 Å². The van der Waals surface area contributed by atoms with E-state index in [0.29, 0.717) is 25.7 Å². The number of phosphoric acid groups is 2. The quantitative estimate of drug-likeness (QED) is 0.0222. The number of unbranched alkanes of at least 4 members (excludes halogenated alkanes) is 41. The Morgan fingerprint density at radius 3 is 0.763 bits per heavy atom. The minimum Gasteiger partial charge on any atom is -0.462 e. The first-order valence-electron chi connectivity index (χ1n) is 38.6. The second-order valence-electron chi connectivity index (χ2n) is 27.2. The molecule has 0 aromatic carbocycles. The predicted molar refractivity (Wildman–Crippen MR) is 377 cm³/mol. The summed E-state index contributed by atoms with van der Waals surface area (Å²) in [6, 6.07) is 0. The van der Waals surface area contributed by atoms with Gasteiger partial charge in [-0.25, -0.2) is 9.13 Å². The SMILES string of the molecule is CCCCCCCCCCCCCCCC(=O)O[C@H](COC(=O)CCCCCCCCCC)COP(=O)(O)OC[C@H](O)COP(=O)(O)OC[C@@H](COC(=O)CCCCCCCCCCCCC(C)CC)OC(=O)CCCCCCCCCCCCCCCCC(C)CC. The van der Waals surface area contributed by atoms with Gasteiger partial charge >= 0.3 is 39.5 Å². The lowest BCUT2D eigenvalue weighted by molar-refractivity contribution is -0.161. The molecule has 0 heterocycles. The largest absolute Gasteiger partial charge is 0.472 e. The number of carbonyl (C=O) groups excluding carboxylic acids is 4. The van der Waals surface area contributed by atoms with Gasteiger partial charge < -0.3 is 33.8 Å². The number of aliphatic hydroxyl groups excluding tert-OH is 1. The summed E-state index contributed by atoms with van der Waals surface area (Å²) in [4.78, 5) is 72.7. The number of esters is 4. The van der Waals surface area contributed by atoms with Crippen LogP contribution in [0.1, 0.15) is 382 Å². The van der Waals surface area contributed by atoms with E-state index in [1.54, 1.807) is 0 Å². The number of ether oxygens (including phenoxy) is 4. The van der Waals surface area contributed by atoms with Crippen LogP contribution in [0.2, 0.25) is 0 Å². The van der Waals surface area contributed by atoms with Crippen LogP contribution in [-0.4, -0.2) is 96.7 Å². The molecule has 4 unspecified atom stereocenters. The van der Waals surface area contributed by atoms with Crippen molar-refractivity contribution in [3.63, 3.8) is 0 Å². The molecule has 3 N–H and O–H groups in total. The molecule has 0 radical (unpaired) electrons. The van der Waals surface area contributed by atoms with E-state index in [4.69, 9.17) is 37.0 Å².